The fourth-order valence-corrected chi connectivity index (χ4v) is 5.98. The van der Waals surface area contributed by atoms with Crippen LogP contribution in [0, 0.1) is 0 Å². The highest BCUT2D eigenvalue weighted by Gasteiger charge is 2.33. The topological polar surface area (TPSA) is 78.0 Å². The van der Waals surface area contributed by atoms with Crippen molar-refractivity contribution in [2.24, 2.45) is 0 Å². The van der Waals surface area contributed by atoms with E-state index in [4.69, 9.17) is 0 Å². The fourth-order valence-electron chi connectivity index (χ4n) is 4.56. The van der Waals surface area contributed by atoms with Crippen LogP contribution in [0.1, 0.15) is 55.8 Å². The third-order valence-corrected chi connectivity index (χ3v) is 8.53. The number of rotatable bonds is 5. The summed E-state index contributed by atoms with van der Waals surface area (Å²) in [5.41, 5.74) is 3.03. The van der Waals surface area contributed by atoms with Gasteiger partial charge in [-0.15, -0.1) is 0 Å². The molecule has 1 unspecified atom stereocenters. The molecule has 8 heteroatoms. The molecule has 2 amide bonds. The van der Waals surface area contributed by atoms with Crippen LogP contribution in [0.2, 0.25) is 0 Å². The number of piperazine rings is 1. The maximum absolute atomic E-state index is 13.2. The Morgan fingerprint density at radius 2 is 1.62 bits per heavy atom. The van der Waals surface area contributed by atoms with Crippen molar-refractivity contribution in [2.75, 3.05) is 26.2 Å². The van der Waals surface area contributed by atoms with E-state index in [0.29, 0.717) is 19.0 Å². The Bertz CT molecular complexity index is 1200. The van der Waals surface area contributed by atoms with E-state index in [1.165, 1.54) is 11.2 Å². The lowest BCUT2D eigenvalue weighted by molar-refractivity contribution is -0.135. The van der Waals surface area contributed by atoms with Gasteiger partial charge >= 0.3 is 0 Å². The van der Waals surface area contributed by atoms with Gasteiger partial charge in [-0.2, -0.15) is 4.31 Å². The fraction of sp³-hybridized carbons (Fsp3) is 0.385. The highest BCUT2D eigenvalue weighted by molar-refractivity contribution is 7.89. The van der Waals surface area contributed by atoms with Gasteiger partial charge in [0.05, 0.1) is 17.4 Å². The molecule has 7 nitrogen and oxygen atoms in total. The highest BCUT2D eigenvalue weighted by atomic mass is 32.2. The molecule has 0 spiro atoms. The van der Waals surface area contributed by atoms with Crippen LogP contribution >= 0.6 is 0 Å². The first-order chi connectivity index (χ1) is 16.2. The van der Waals surface area contributed by atoms with Gasteiger partial charge in [0.1, 0.15) is 0 Å². The molecule has 2 heterocycles. The van der Waals surface area contributed by atoms with Crippen molar-refractivity contribution in [1.82, 2.24) is 14.1 Å². The van der Waals surface area contributed by atoms with Crippen LogP contribution in [-0.4, -0.2) is 60.5 Å². The minimum absolute atomic E-state index is 0.0836. The van der Waals surface area contributed by atoms with Crippen molar-refractivity contribution < 1.29 is 18.0 Å². The second-order valence-electron chi connectivity index (χ2n) is 9.10. The van der Waals surface area contributed by atoms with E-state index in [1.54, 1.807) is 28.1 Å². The van der Waals surface area contributed by atoms with Crippen LogP contribution in [0.4, 0.5) is 0 Å². The second-order valence-corrected chi connectivity index (χ2v) is 11.0. The van der Waals surface area contributed by atoms with Crippen LogP contribution < -0.4 is 0 Å². The molecule has 0 saturated carbocycles. The number of sulfonamides is 1. The molecule has 4 rings (SSSR count). The minimum Gasteiger partial charge on any atom is -0.340 e. The van der Waals surface area contributed by atoms with Gasteiger partial charge in [-0.25, -0.2) is 8.42 Å². The van der Waals surface area contributed by atoms with Crippen molar-refractivity contribution >= 4 is 27.9 Å². The van der Waals surface area contributed by atoms with Crippen molar-refractivity contribution in [3.63, 3.8) is 0 Å². The van der Waals surface area contributed by atoms with Crippen LogP contribution in [-0.2, 0) is 19.6 Å². The molecule has 1 saturated heterocycles. The third-order valence-electron chi connectivity index (χ3n) is 6.61. The second kappa shape index (κ2) is 9.72. The van der Waals surface area contributed by atoms with E-state index in [9.17, 15) is 18.0 Å². The first kappa shape index (κ1) is 24.2. The van der Waals surface area contributed by atoms with Gasteiger partial charge in [-0.05, 0) is 40.8 Å². The summed E-state index contributed by atoms with van der Waals surface area (Å²) in [6.07, 6.45) is 3.77. The van der Waals surface area contributed by atoms with Crippen LogP contribution in [0.3, 0.4) is 0 Å². The lowest BCUT2D eigenvalue weighted by Gasteiger charge is -2.37. The molecule has 180 valence electrons. The molecule has 0 aromatic heterocycles. The van der Waals surface area contributed by atoms with Crippen molar-refractivity contribution in [3.05, 3.63) is 71.4 Å². The lowest BCUT2D eigenvalue weighted by Crippen LogP contribution is -2.51. The summed E-state index contributed by atoms with van der Waals surface area (Å²) in [7, 11) is -3.61. The van der Waals surface area contributed by atoms with Gasteiger partial charge in [-0.1, -0.05) is 50.2 Å². The molecule has 1 atom stereocenters. The average Bonchev–Trinajstić information content (AvgIpc) is 2.84. The zero-order valence-electron chi connectivity index (χ0n) is 19.8. The van der Waals surface area contributed by atoms with E-state index < -0.39 is 10.0 Å². The standard InChI is InChI=1S/C26H31N3O4S/c1-19(2)21-8-10-23(11-9-21)34(32,33)28-16-14-27(15-17-28)26(31)18-25-24-7-5-4-6-22(24)12-13-29(25)20(3)30/h4-13,19,25H,14-18H2,1-3H3. The van der Waals surface area contributed by atoms with E-state index >= 15 is 0 Å². The van der Waals surface area contributed by atoms with E-state index in [2.05, 4.69) is 13.8 Å². The molecule has 34 heavy (non-hydrogen) atoms. The lowest BCUT2D eigenvalue weighted by atomic mass is 9.93. The number of carbonyl (C=O) groups excluding carboxylic acids is 2. The molecular weight excluding hydrogens is 450 g/mol. The van der Waals surface area contributed by atoms with Gasteiger partial charge in [0, 0.05) is 39.3 Å². The Morgan fingerprint density at radius 1 is 0.971 bits per heavy atom. The molecule has 0 aliphatic carbocycles. The largest absolute Gasteiger partial charge is 0.340 e. The summed E-state index contributed by atoms with van der Waals surface area (Å²) in [6, 6.07) is 14.4. The molecule has 2 aromatic carbocycles. The van der Waals surface area contributed by atoms with E-state index in [-0.39, 0.29) is 42.3 Å². The highest BCUT2D eigenvalue weighted by Crippen LogP contribution is 2.33. The maximum Gasteiger partial charge on any atom is 0.243 e. The quantitative estimate of drug-likeness (QED) is 0.654. The number of benzene rings is 2. The van der Waals surface area contributed by atoms with E-state index in [1.807, 2.05) is 42.5 Å². The minimum atomic E-state index is -3.61. The van der Waals surface area contributed by atoms with Crippen LogP contribution in [0.5, 0.6) is 0 Å². The molecule has 1 fully saturated rings. The normalized spacial score (nSPS) is 18.8. The molecule has 0 N–H and O–H groups in total. The van der Waals surface area contributed by atoms with Gasteiger partial charge in [0.15, 0.2) is 0 Å². The predicted octanol–water partition coefficient (Wildman–Crippen LogP) is 3.61. The van der Waals surface area contributed by atoms with Gasteiger partial charge in [0.25, 0.3) is 0 Å². The monoisotopic (exact) mass is 481 g/mol. The van der Waals surface area contributed by atoms with Crippen molar-refractivity contribution in [3.8, 4) is 0 Å². The number of fused-ring (bicyclic) bond motifs is 1. The summed E-state index contributed by atoms with van der Waals surface area (Å²) in [5.74, 6) is 0.125. The first-order valence-corrected chi connectivity index (χ1v) is 13.1. The zero-order valence-corrected chi connectivity index (χ0v) is 20.7. The Labute approximate surface area is 201 Å². The molecule has 0 radical (unpaired) electrons. The SMILES string of the molecule is CC(=O)N1C=Cc2ccccc2C1CC(=O)N1CCN(S(=O)(=O)c2ccc(C(C)C)cc2)CC1. The van der Waals surface area contributed by atoms with Crippen molar-refractivity contribution in [1.29, 1.82) is 0 Å². The Kier molecular flexibility index (Phi) is 6.91. The summed E-state index contributed by atoms with van der Waals surface area (Å²) in [6.45, 7) is 6.77. The Balaban J connectivity index is 1.42. The summed E-state index contributed by atoms with van der Waals surface area (Å²) in [5, 5.41) is 0. The molecule has 2 aliphatic rings. The first-order valence-electron chi connectivity index (χ1n) is 11.6. The van der Waals surface area contributed by atoms with Gasteiger partial charge < -0.3 is 9.80 Å². The van der Waals surface area contributed by atoms with Crippen LogP contribution in [0.25, 0.3) is 6.08 Å². The summed E-state index contributed by atoms with van der Waals surface area (Å²) < 4.78 is 27.6. The molecular formula is C26H31N3O4S. The zero-order chi connectivity index (χ0) is 24.5. The average molecular weight is 482 g/mol. The Hall–Kier alpha value is -2.97. The number of hydrogen-bond acceptors (Lipinski definition) is 4. The Morgan fingerprint density at radius 3 is 2.24 bits per heavy atom. The van der Waals surface area contributed by atoms with Crippen LogP contribution in [0.15, 0.2) is 59.6 Å². The summed E-state index contributed by atoms with van der Waals surface area (Å²) >= 11 is 0. The number of carbonyl (C=O) groups is 2. The molecule has 0 bridgehead atoms. The van der Waals surface area contributed by atoms with E-state index in [0.717, 1.165) is 16.7 Å². The molecule has 2 aliphatic heterocycles. The van der Waals surface area contributed by atoms with Gasteiger partial charge in [0.2, 0.25) is 21.8 Å². The number of nitrogens with zero attached hydrogens (tertiary/aromatic N) is 3. The third kappa shape index (κ3) is 4.79. The van der Waals surface area contributed by atoms with Crippen molar-refractivity contribution in [2.45, 2.75) is 44.0 Å². The summed E-state index contributed by atoms with van der Waals surface area (Å²) in [4.78, 5) is 28.9. The predicted molar refractivity (Wildman–Crippen MR) is 131 cm³/mol. The van der Waals surface area contributed by atoms with Gasteiger partial charge in [-0.3, -0.25) is 9.59 Å². The maximum atomic E-state index is 13.2. The number of amides is 2. The smallest absolute Gasteiger partial charge is 0.243 e. The number of hydrogen-bond donors (Lipinski definition) is 0. The molecule has 2 aromatic rings.